The zero-order valence-corrected chi connectivity index (χ0v) is 12.8. The number of amides is 1. The van der Waals surface area contributed by atoms with E-state index in [0.29, 0.717) is 11.4 Å². The number of nitro benzene ring substituents is 1. The van der Waals surface area contributed by atoms with Crippen LogP contribution in [-0.4, -0.2) is 15.8 Å². The highest BCUT2D eigenvalue weighted by Gasteiger charge is 2.11. The molecule has 1 aromatic carbocycles. The van der Waals surface area contributed by atoms with E-state index in [9.17, 15) is 14.9 Å². The Balaban J connectivity index is 2.08. The van der Waals surface area contributed by atoms with Crippen LogP contribution in [0.3, 0.4) is 0 Å². The molecule has 0 atom stereocenters. The van der Waals surface area contributed by atoms with E-state index in [4.69, 9.17) is 16.9 Å². The maximum atomic E-state index is 12.0. The molecule has 0 aliphatic heterocycles. The number of nitriles is 1. The van der Waals surface area contributed by atoms with Crippen LogP contribution in [0.4, 0.5) is 17.1 Å². The van der Waals surface area contributed by atoms with Crippen molar-refractivity contribution >= 4 is 34.6 Å². The monoisotopic (exact) mass is 343 g/mol. The average molecular weight is 344 g/mol. The fraction of sp³-hybridized carbons (Fsp3) is 0. The summed E-state index contributed by atoms with van der Waals surface area (Å²) in [6.45, 7) is 0. The van der Waals surface area contributed by atoms with Gasteiger partial charge >= 0.3 is 0 Å². The Kier molecular flexibility index (Phi) is 5.44. The summed E-state index contributed by atoms with van der Waals surface area (Å²) < 4.78 is 0. The molecule has 0 aliphatic carbocycles. The van der Waals surface area contributed by atoms with Crippen LogP contribution in [0.1, 0.15) is 0 Å². The number of anilines is 2. The first kappa shape index (κ1) is 16.9. The zero-order valence-electron chi connectivity index (χ0n) is 12.1. The third-order valence-electron chi connectivity index (χ3n) is 2.83. The third-order valence-corrected chi connectivity index (χ3v) is 3.13. The summed E-state index contributed by atoms with van der Waals surface area (Å²) in [4.78, 5) is 25.9. The number of carbonyl (C=O) groups is 1. The van der Waals surface area contributed by atoms with Crippen molar-refractivity contribution in [2.24, 2.45) is 0 Å². The maximum absolute atomic E-state index is 12.0. The molecule has 0 unspecified atom stereocenters. The van der Waals surface area contributed by atoms with Crippen LogP contribution in [0.5, 0.6) is 0 Å². The van der Waals surface area contributed by atoms with Gasteiger partial charge < -0.3 is 10.6 Å². The number of benzene rings is 1. The van der Waals surface area contributed by atoms with Crippen molar-refractivity contribution < 1.29 is 9.72 Å². The Hall–Kier alpha value is -3.44. The molecule has 1 amide bonds. The van der Waals surface area contributed by atoms with Gasteiger partial charge in [0.05, 0.1) is 10.6 Å². The standard InChI is InChI=1S/C15H10ClN5O3/c16-14-13(2-1-7-18-14)19-9-10(8-17)15(22)20-11-3-5-12(6-4-11)21(23)24/h1-7,9,19H,(H,20,22)/b10-9-. The minimum Gasteiger partial charge on any atom is -0.358 e. The summed E-state index contributed by atoms with van der Waals surface area (Å²) in [5.41, 5.74) is 0.464. The van der Waals surface area contributed by atoms with Crippen LogP contribution in [0, 0.1) is 21.4 Å². The van der Waals surface area contributed by atoms with Crippen molar-refractivity contribution in [2.75, 3.05) is 10.6 Å². The molecule has 1 heterocycles. The number of hydrogen-bond donors (Lipinski definition) is 2. The molecular formula is C15H10ClN5O3. The number of rotatable bonds is 5. The molecule has 120 valence electrons. The second kappa shape index (κ2) is 7.71. The largest absolute Gasteiger partial charge is 0.358 e. The lowest BCUT2D eigenvalue weighted by molar-refractivity contribution is -0.384. The quantitative estimate of drug-likeness (QED) is 0.283. The smallest absolute Gasteiger partial charge is 0.269 e. The lowest BCUT2D eigenvalue weighted by atomic mass is 10.2. The second-order valence-corrected chi connectivity index (χ2v) is 4.77. The van der Waals surface area contributed by atoms with E-state index in [1.165, 1.54) is 36.7 Å². The third kappa shape index (κ3) is 4.28. The van der Waals surface area contributed by atoms with Gasteiger partial charge in [0, 0.05) is 30.2 Å². The second-order valence-electron chi connectivity index (χ2n) is 4.41. The molecule has 1 aromatic heterocycles. The number of pyridine rings is 1. The molecule has 0 saturated heterocycles. The number of nitrogens with zero attached hydrogens (tertiary/aromatic N) is 3. The fourth-order valence-corrected chi connectivity index (χ4v) is 1.83. The van der Waals surface area contributed by atoms with E-state index < -0.39 is 10.8 Å². The first-order valence-electron chi connectivity index (χ1n) is 6.54. The maximum Gasteiger partial charge on any atom is 0.269 e. The first-order valence-corrected chi connectivity index (χ1v) is 6.92. The van der Waals surface area contributed by atoms with Crippen molar-refractivity contribution in [3.63, 3.8) is 0 Å². The molecule has 0 radical (unpaired) electrons. The highest BCUT2D eigenvalue weighted by atomic mass is 35.5. The van der Waals surface area contributed by atoms with Crippen LogP contribution in [-0.2, 0) is 4.79 Å². The molecule has 0 fully saturated rings. The summed E-state index contributed by atoms with van der Waals surface area (Å²) in [5.74, 6) is -0.668. The zero-order chi connectivity index (χ0) is 17.5. The van der Waals surface area contributed by atoms with Gasteiger partial charge in [0.25, 0.3) is 11.6 Å². The van der Waals surface area contributed by atoms with E-state index in [-0.39, 0.29) is 16.4 Å². The lowest BCUT2D eigenvalue weighted by Gasteiger charge is -2.05. The normalized spacial score (nSPS) is 10.6. The lowest BCUT2D eigenvalue weighted by Crippen LogP contribution is -2.14. The van der Waals surface area contributed by atoms with Gasteiger partial charge in [0.15, 0.2) is 5.15 Å². The molecule has 8 nitrogen and oxygen atoms in total. The minimum atomic E-state index is -0.668. The summed E-state index contributed by atoms with van der Waals surface area (Å²) >= 11 is 5.86. The SMILES string of the molecule is N#C/C(=C/Nc1cccnc1Cl)C(=O)Nc1ccc([N+](=O)[O-])cc1. The van der Waals surface area contributed by atoms with Crippen LogP contribution >= 0.6 is 11.6 Å². The first-order chi connectivity index (χ1) is 11.5. The van der Waals surface area contributed by atoms with Gasteiger partial charge in [0.1, 0.15) is 11.6 Å². The van der Waals surface area contributed by atoms with Crippen LogP contribution in [0.25, 0.3) is 0 Å². The van der Waals surface area contributed by atoms with Crippen molar-refractivity contribution in [3.8, 4) is 6.07 Å². The van der Waals surface area contributed by atoms with Gasteiger partial charge in [-0.3, -0.25) is 14.9 Å². The molecule has 24 heavy (non-hydrogen) atoms. The van der Waals surface area contributed by atoms with E-state index in [0.717, 1.165) is 0 Å². The highest BCUT2D eigenvalue weighted by molar-refractivity contribution is 6.32. The minimum absolute atomic E-state index is 0.100. The van der Waals surface area contributed by atoms with Crippen LogP contribution in [0.15, 0.2) is 54.4 Å². The summed E-state index contributed by atoms with van der Waals surface area (Å²) in [5, 5.41) is 25.1. The van der Waals surface area contributed by atoms with Gasteiger partial charge in [0.2, 0.25) is 0 Å². The number of non-ortho nitro benzene ring substituents is 1. The number of carbonyl (C=O) groups excluding carboxylic acids is 1. The Morgan fingerprint density at radius 2 is 2.04 bits per heavy atom. The van der Waals surface area contributed by atoms with Crippen molar-refractivity contribution in [3.05, 3.63) is 69.6 Å². The van der Waals surface area contributed by atoms with Gasteiger partial charge in [-0.2, -0.15) is 5.26 Å². The average Bonchev–Trinajstić information content (AvgIpc) is 2.57. The van der Waals surface area contributed by atoms with Gasteiger partial charge in [-0.15, -0.1) is 0 Å². The van der Waals surface area contributed by atoms with Gasteiger partial charge in [-0.1, -0.05) is 11.6 Å². The van der Waals surface area contributed by atoms with Crippen LogP contribution < -0.4 is 10.6 Å². The molecule has 2 N–H and O–H groups in total. The van der Waals surface area contributed by atoms with Crippen molar-refractivity contribution in [2.45, 2.75) is 0 Å². The fourth-order valence-electron chi connectivity index (χ4n) is 1.66. The van der Waals surface area contributed by atoms with Gasteiger partial charge in [-0.05, 0) is 24.3 Å². The molecule has 0 bridgehead atoms. The van der Waals surface area contributed by atoms with E-state index in [1.54, 1.807) is 18.2 Å². The van der Waals surface area contributed by atoms with Crippen molar-refractivity contribution in [1.82, 2.24) is 4.98 Å². The number of nitro groups is 1. The Morgan fingerprint density at radius 1 is 1.33 bits per heavy atom. The molecule has 9 heteroatoms. The molecule has 0 spiro atoms. The number of aromatic nitrogens is 1. The van der Waals surface area contributed by atoms with E-state index >= 15 is 0 Å². The van der Waals surface area contributed by atoms with E-state index in [2.05, 4.69) is 15.6 Å². The summed E-state index contributed by atoms with van der Waals surface area (Å²) in [6.07, 6.45) is 2.70. The Labute approximate surface area is 141 Å². The summed E-state index contributed by atoms with van der Waals surface area (Å²) in [7, 11) is 0. The number of nitrogens with one attached hydrogen (secondary N) is 2. The number of hydrogen-bond acceptors (Lipinski definition) is 6. The van der Waals surface area contributed by atoms with Crippen LogP contribution in [0.2, 0.25) is 5.15 Å². The predicted octanol–water partition coefficient (Wildman–Crippen LogP) is 3.10. The highest BCUT2D eigenvalue weighted by Crippen LogP contribution is 2.18. The molecule has 2 aromatic rings. The Bertz CT molecular complexity index is 843. The molecule has 0 aliphatic rings. The van der Waals surface area contributed by atoms with E-state index in [1.807, 2.05) is 0 Å². The molecule has 0 saturated carbocycles. The topological polar surface area (TPSA) is 121 Å². The van der Waals surface area contributed by atoms with Crippen molar-refractivity contribution in [1.29, 1.82) is 5.26 Å². The Morgan fingerprint density at radius 3 is 2.62 bits per heavy atom. The number of halogens is 1. The predicted molar refractivity (Wildman–Crippen MR) is 88.3 cm³/mol. The molecular weight excluding hydrogens is 334 g/mol. The van der Waals surface area contributed by atoms with Gasteiger partial charge in [-0.25, -0.2) is 4.98 Å². The summed E-state index contributed by atoms with van der Waals surface area (Å²) in [6, 6.07) is 10.3. The molecule has 2 rings (SSSR count).